The molecule has 2 aromatic heterocycles. The number of rotatable bonds is 6. The Balaban J connectivity index is 1.42. The molecule has 0 fully saturated rings. The molecule has 2 aromatic carbocycles. The van der Waals surface area contributed by atoms with E-state index in [-0.39, 0.29) is 5.91 Å². The van der Waals surface area contributed by atoms with Crippen LogP contribution in [-0.2, 0) is 0 Å². The fourth-order valence-corrected chi connectivity index (χ4v) is 3.12. The lowest BCUT2D eigenvalue weighted by molar-refractivity contribution is 0.102. The lowest BCUT2D eigenvalue weighted by Crippen LogP contribution is -2.11. The quantitative estimate of drug-likeness (QED) is 0.352. The highest BCUT2D eigenvalue weighted by Gasteiger charge is 2.07. The van der Waals surface area contributed by atoms with Gasteiger partial charge < -0.3 is 21.7 Å². The second-order valence-electron chi connectivity index (χ2n) is 7.02. The first-order chi connectivity index (χ1) is 15.0. The minimum Gasteiger partial charge on any atom is -0.384 e. The SMILES string of the molecule is Cc1cc(Nc2cccc(NC(=O)c3ccc(Nc4ccncc4)cc3)c2)cc(N)n1. The second kappa shape index (κ2) is 8.96. The van der Waals surface area contributed by atoms with Gasteiger partial charge in [-0.2, -0.15) is 0 Å². The molecule has 0 spiro atoms. The first-order valence-corrected chi connectivity index (χ1v) is 9.75. The van der Waals surface area contributed by atoms with E-state index in [0.717, 1.165) is 28.4 Å². The molecule has 7 nitrogen and oxygen atoms in total. The topological polar surface area (TPSA) is 105 Å². The third-order valence-corrected chi connectivity index (χ3v) is 4.50. The van der Waals surface area contributed by atoms with Crippen molar-refractivity contribution in [2.45, 2.75) is 6.92 Å². The van der Waals surface area contributed by atoms with Crippen LogP contribution in [0.5, 0.6) is 0 Å². The summed E-state index contributed by atoms with van der Waals surface area (Å²) in [5.74, 6) is 0.269. The number of hydrogen-bond acceptors (Lipinski definition) is 6. The lowest BCUT2D eigenvalue weighted by atomic mass is 10.1. The predicted molar refractivity (Wildman–Crippen MR) is 125 cm³/mol. The molecule has 0 radical (unpaired) electrons. The Morgan fingerprint density at radius 3 is 2.19 bits per heavy atom. The lowest BCUT2D eigenvalue weighted by Gasteiger charge is -2.11. The number of aromatic nitrogens is 2. The first-order valence-electron chi connectivity index (χ1n) is 9.75. The molecule has 0 aliphatic rings. The number of pyridine rings is 2. The molecular weight excluding hydrogens is 388 g/mol. The number of nitrogen functional groups attached to an aromatic ring is 1. The van der Waals surface area contributed by atoms with E-state index in [0.29, 0.717) is 17.1 Å². The third-order valence-electron chi connectivity index (χ3n) is 4.50. The Morgan fingerprint density at radius 1 is 0.774 bits per heavy atom. The molecule has 0 unspecified atom stereocenters. The van der Waals surface area contributed by atoms with E-state index in [1.54, 1.807) is 30.6 Å². The van der Waals surface area contributed by atoms with E-state index in [1.165, 1.54) is 0 Å². The molecule has 0 atom stereocenters. The van der Waals surface area contributed by atoms with Crippen molar-refractivity contribution in [1.29, 1.82) is 0 Å². The van der Waals surface area contributed by atoms with Gasteiger partial charge in [0.25, 0.3) is 5.91 Å². The molecule has 0 saturated heterocycles. The Labute approximate surface area is 180 Å². The minimum atomic E-state index is -0.184. The fourth-order valence-electron chi connectivity index (χ4n) is 3.12. The van der Waals surface area contributed by atoms with Crippen LogP contribution in [0.3, 0.4) is 0 Å². The zero-order chi connectivity index (χ0) is 21.6. The maximum atomic E-state index is 12.7. The molecular formula is C24H22N6O. The standard InChI is InChI=1S/C24H22N6O/c1-16-13-22(15-23(25)27-16)29-20-3-2-4-21(14-20)30-24(31)17-5-7-18(8-6-17)28-19-9-11-26-12-10-19/h2-15H,1H3,(H,26,28)(H,30,31)(H3,25,27,29). The van der Waals surface area contributed by atoms with Gasteiger partial charge in [0.2, 0.25) is 0 Å². The number of hydrogen-bond donors (Lipinski definition) is 4. The minimum absolute atomic E-state index is 0.184. The van der Waals surface area contributed by atoms with Crippen LogP contribution in [0.2, 0.25) is 0 Å². The number of carbonyl (C=O) groups is 1. The van der Waals surface area contributed by atoms with Crippen molar-refractivity contribution < 1.29 is 4.79 Å². The number of amides is 1. The molecule has 154 valence electrons. The monoisotopic (exact) mass is 410 g/mol. The van der Waals surface area contributed by atoms with Gasteiger partial charge in [0, 0.05) is 58.2 Å². The van der Waals surface area contributed by atoms with Gasteiger partial charge in [-0.1, -0.05) is 6.07 Å². The van der Waals surface area contributed by atoms with Crippen LogP contribution in [0.4, 0.5) is 34.3 Å². The predicted octanol–water partition coefficient (Wildman–Crippen LogP) is 5.11. The molecule has 0 saturated carbocycles. The van der Waals surface area contributed by atoms with Gasteiger partial charge in [0.05, 0.1) is 0 Å². The zero-order valence-electron chi connectivity index (χ0n) is 17.0. The van der Waals surface area contributed by atoms with Crippen molar-refractivity contribution in [3.63, 3.8) is 0 Å². The van der Waals surface area contributed by atoms with Crippen molar-refractivity contribution in [3.8, 4) is 0 Å². The van der Waals surface area contributed by atoms with Crippen LogP contribution >= 0.6 is 0 Å². The van der Waals surface area contributed by atoms with Gasteiger partial charge >= 0.3 is 0 Å². The highest BCUT2D eigenvalue weighted by atomic mass is 16.1. The Bertz CT molecular complexity index is 1170. The maximum Gasteiger partial charge on any atom is 0.255 e. The van der Waals surface area contributed by atoms with Gasteiger partial charge in [-0.15, -0.1) is 0 Å². The summed E-state index contributed by atoms with van der Waals surface area (Å²) in [7, 11) is 0. The van der Waals surface area contributed by atoms with E-state index in [1.807, 2.05) is 61.5 Å². The molecule has 31 heavy (non-hydrogen) atoms. The molecule has 5 N–H and O–H groups in total. The van der Waals surface area contributed by atoms with Gasteiger partial charge in [0.1, 0.15) is 5.82 Å². The number of benzene rings is 2. The van der Waals surface area contributed by atoms with Crippen LogP contribution < -0.4 is 21.7 Å². The summed E-state index contributed by atoms with van der Waals surface area (Å²) in [5, 5.41) is 9.48. The molecule has 0 aliphatic heterocycles. The summed E-state index contributed by atoms with van der Waals surface area (Å²) in [6.07, 6.45) is 3.44. The highest BCUT2D eigenvalue weighted by Crippen LogP contribution is 2.23. The first kappa shape index (κ1) is 19.9. The molecule has 0 aliphatic carbocycles. The summed E-state index contributed by atoms with van der Waals surface area (Å²) in [4.78, 5) is 20.8. The van der Waals surface area contributed by atoms with Crippen molar-refractivity contribution in [3.05, 3.63) is 96.4 Å². The number of nitrogens with zero attached hydrogens (tertiary/aromatic N) is 2. The van der Waals surface area contributed by atoms with Gasteiger partial charge in [-0.25, -0.2) is 4.98 Å². The molecule has 4 rings (SSSR count). The van der Waals surface area contributed by atoms with Crippen LogP contribution in [0.15, 0.2) is 85.2 Å². The summed E-state index contributed by atoms with van der Waals surface area (Å²) in [5.41, 5.74) is 11.4. The Kier molecular flexibility index (Phi) is 5.75. The summed E-state index contributed by atoms with van der Waals surface area (Å²) in [6, 6.07) is 22.2. The molecule has 0 bridgehead atoms. The maximum absolute atomic E-state index is 12.7. The van der Waals surface area contributed by atoms with E-state index >= 15 is 0 Å². The van der Waals surface area contributed by atoms with Crippen LogP contribution in [0, 0.1) is 6.92 Å². The number of anilines is 6. The van der Waals surface area contributed by atoms with Crippen molar-refractivity contribution in [1.82, 2.24) is 9.97 Å². The summed E-state index contributed by atoms with van der Waals surface area (Å²) < 4.78 is 0. The number of aryl methyl sites for hydroxylation is 1. The molecule has 4 aromatic rings. The Morgan fingerprint density at radius 2 is 1.45 bits per heavy atom. The fraction of sp³-hybridized carbons (Fsp3) is 0.0417. The Hall–Kier alpha value is -4.39. The molecule has 2 heterocycles. The van der Waals surface area contributed by atoms with E-state index < -0.39 is 0 Å². The molecule has 7 heteroatoms. The normalized spacial score (nSPS) is 10.4. The van der Waals surface area contributed by atoms with Gasteiger partial charge in [-0.3, -0.25) is 9.78 Å². The van der Waals surface area contributed by atoms with Crippen LogP contribution in [-0.4, -0.2) is 15.9 Å². The van der Waals surface area contributed by atoms with Crippen LogP contribution in [0.25, 0.3) is 0 Å². The zero-order valence-corrected chi connectivity index (χ0v) is 17.0. The van der Waals surface area contributed by atoms with E-state index in [9.17, 15) is 4.79 Å². The van der Waals surface area contributed by atoms with E-state index in [2.05, 4.69) is 25.9 Å². The summed E-state index contributed by atoms with van der Waals surface area (Å²) >= 11 is 0. The highest BCUT2D eigenvalue weighted by molar-refractivity contribution is 6.04. The van der Waals surface area contributed by atoms with E-state index in [4.69, 9.17) is 5.73 Å². The van der Waals surface area contributed by atoms with Crippen molar-refractivity contribution in [2.24, 2.45) is 0 Å². The van der Waals surface area contributed by atoms with Crippen molar-refractivity contribution >= 4 is 40.2 Å². The van der Waals surface area contributed by atoms with Crippen molar-refractivity contribution in [2.75, 3.05) is 21.7 Å². The second-order valence-corrected chi connectivity index (χ2v) is 7.02. The number of carbonyl (C=O) groups excluding carboxylic acids is 1. The smallest absolute Gasteiger partial charge is 0.255 e. The average molecular weight is 410 g/mol. The third kappa shape index (κ3) is 5.36. The molecule has 1 amide bonds. The largest absolute Gasteiger partial charge is 0.384 e. The van der Waals surface area contributed by atoms with Crippen LogP contribution in [0.1, 0.15) is 16.1 Å². The summed E-state index contributed by atoms with van der Waals surface area (Å²) in [6.45, 7) is 1.88. The van der Waals surface area contributed by atoms with Gasteiger partial charge in [-0.05, 0) is 67.6 Å². The number of nitrogens with one attached hydrogen (secondary N) is 3. The average Bonchev–Trinajstić information content (AvgIpc) is 2.74. The van der Waals surface area contributed by atoms with Gasteiger partial charge in [0.15, 0.2) is 0 Å². The number of nitrogens with two attached hydrogens (primary N) is 1.